The summed E-state index contributed by atoms with van der Waals surface area (Å²) in [4.78, 5) is 28.0. The molecular formula is C26H55NO8P+. The first kappa shape index (κ1) is 37.4. The van der Waals surface area contributed by atoms with Gasteiger partial charge in [0.1, 0.15) is 25.9 Å². The van der Waals surface area contributed by atoms with Crippen LogP contribution < -0.4 is 0 Å². The minimum absolute atomic E-state index is 0.0772. The monoisotopic (exact) mass is 540 g/mol. The van der Waals surface area contributed by atoms with Crippen molar-refractivity contribution in [2.75, 3.05) is 47.5 Å². The van der Waals surface area contributed by atoms with Crippen molar-refractivity contribution < 1.29 is 43.1 Å². The Morgan fingerprint density at radius 1 is 0.889 bits per heavy atom. The number of carbonyl (C=O) groups excluding carboxylic acids is 1. The summed E-state index contributed by atoms with van der Waals surface area (Å²) in [6, 6.07) is 0. The highest BCUT2D eigenvalue weighted by atomic mass is 31.2. The SMILES string of the molecule is CCCCCCCC/C=C\CCCCCCCC(=O)OCC(O)CO.C[N+](C)(C)CCOP(=O)(O)O. The lowest BCUT2D eigenvalue weighted by Gasteiger charge is -2.23. The molecule has 10 heteroatoms. The van der Waals surface area contributed by atoms with Crippen LogP contribution in [0.4, 0.5) is 0 Å². The van der Waals surface area contributed by atoms with Crippen LogP contribution in [0.25, 0.3) is 0 Å². The van der Waals surface area contributed by atoms with Gasteiger partial charge in [-0.3, -0.25) is 9.32 Å². The van der Waals surface area contributed by atoms with E-state index in [-0.39, 0.29) is 25.8 Å². The van der Waals surface area contributed by atoms with Crippen molar-refractivity contribution in [3.63, 3.8) is 0 Å². The van der Waals surface area contributed by atoms with Crippen molar-refractivity contribution in [2.45, 2.75) is 103 Å². The Labute approximate surface area is 219 Å². The topological polar surface area (TPSA) is 134 Å². The van der Waals surface area contributed by atoms with E-state index >= 15 is 0 Å². The Kier molecular flexibility index (Phi) is 25.5. The van der Waals surface area contributed by atoms with Crippen LogP contribution >= 0.6 is 7.82 Å². The third-order valence-corrected chi connectivity index (χ3v) is 5.83. The fourth-order valence-electron chi connectivity index (χ4n) is 3.09. The van der Waals surface area contributed by atoms with E-state index in [0.29, 0.717) is 17.4 Å². The van der Waals surface area contributed by atoms with Gasteiger partial charge < -0.3 is 29.2 Å². The number of esters is 1. The van der Waals surface area contributed by atoms with Crippen LogP contribution in [0.3, 0.4) is 0 Å². The second kappa shape index (κ2) is 24.5. The predicted octanol–water partition coefficient (Wildman–Crippen LogP) is 4.72. The maximum Gasteiger partial charge on any atom is 0.469 e. The van der Waals surface area contributed by atoms with E-state index in [4.69, 9.17) is 24.7 Å². The molecule has 1 atom stereocenters. The number of allylic oxidation sites excluding steroid dienone is 2. The molecule has 0 fully saturated rings. The highest BCUT2D eigenvalue weighted by Crippen LogP contribution is 2.35. The van der Waals surface area contributed by atoms with Crippen molar-refractivity contribution in [1.82, 2.24) is 0 Å². The lowest BCUT2D eigenvalue weighted by Crippen LogP contribution is -2.37. The lowest BCUT2D eigenvalue weighted by atomic mass is 10.1. The van der Waals surface area contributed by atoms with Gasteiger partial charge in [0.15, 0.2) is 0 Å². The largest absolute Gasteiger partial charge is 0.469 e. The molecular weight excluding hydrogens is 485 g/mol. The van der Waals surface area contributed by atoms with Crippen LogP contribution in [0.1, 0.15) is 96.8 Å². The van der Waals surface area contributed by atoms with E-state index in [9.17, 15) is 9.36 Å². The number of rotatable bonds is 22. The number of unbranched alkanes of at least 4 members (excludes halogenated alkanes) is 11. The van der Waals surface area contributed by atoms with Crippen LogP contribution in [0.15, 0.2) is 12.2 Å². The lowest BCUT2D eigenvalue weighted by molar-refractivity contribution is -0.870. The minimum atomic E-state index is -4.26. The van der Waals surface area contributed by atoms with Gasteiger partial charge in [-0.2, -0.15) is 0 Å². The predicted molar refractivity (Wildman–Crippen MR) is 144 cm³/mol. The van der Waals surface area contributed by atoms with Gasteiger partial charge in [-0.25, -0.2) is 4.57 Å². The van der Waals surface area contributed by atoms with Gasteiger partial charge in [0.2, 0.25) is 0 Å². The summed E-state index contributed by atoms with van der Waals surface area (Å²) in [5.41, 5.74) is 0. The first-order chi connectivity index (χ1) is 16.9. The van der Waals surface area contributed by atoms with Crippen LogP contribution in [0.5, 0.6) is 0 Å². The van der Waals surface area contributed by atoms with Crippen LogP contribution in [-0.4, -0.2) is 84.1 Å². The van der Waals surface area contributed by atoms with Crippen molar-refractivity contribution >= 4 is 13.8 Å². The molecule has 0 radical (unpaired) electrons. The van der Waals surface area contributed by atoms with Crippen LogP contribution in [0.2, 0.25) is 0 Å². The molecule has 0 aliphatic carbocycles. The molecule has 0 heterocycles. The Balaban J connectivity index is 0. The standard InChI is InChI=1S/C21H40O4.C5H14NO4P/c1-2-3-4-5-6-7-8-9-10-11-12-13-14-15-16-17-21(24)25-19-20(23)18-22;1-6(2,3)4-5-10-11(7,8)9/h9-10,20,22-23H,2-8,11-19H2,1H3;4-5H2,1-3H3,(H-,7,8,9)/p+1/b10-9-;. The molecule has 0 aromatic rings. The summed E-state index contributed by atoms with van der Waals surface area (Å²) < 4.78 is 19.9. The van der Waals surface area contributed by atoms with Crippen molar-refractivity contribution in [3.05, 3.63) is 12.2 Å². The molecule has 0 aliphatic heterocycles. The van der Waals surface area contributed by atoms with Gasteiger partial charge in [-0.1, -0.05) is 70.4 Å². The highest BCUT2D eigenvalue weighted by Gasteiger charge is 2.16. The van der Waals surface area contributed by atoms with Gasteiger partial charge in [0, 0.05) is 6.42 Å². The molecule has 0 saturated carbocycles. The van der Waals surface area contributed by atoms with E-state index in [1.165, 1.54) is 57.8 Å². The first-order valence-corrected chi connectivity index (χ1v) is 15.0. The normalized spacial score (nSPS) is 12.9. The highest BCUT2D eigenvalue weighted by molar-refractivity contribution is 7.46. The molecule has 0 spiro atoms. The summed E-state index contributed by atoms with van der Waals surface area (Å²) in [7, 11) is 1.50. The van der Waals surface area contributed by atoms with Gasteiger partial charge in [0.25, 0.3) is 0 Å². The molecule has 0 saturated heterocycles. The zero-order valence-corrected chi connectivity index (χ0v) is 24.2. The van der Waals surface area contributed by atoms with Gasteiger partial charge >= 0.3 is 13.8 Å². The quantitative estimate of drug-likeness (QED) is 0.0510. The number of hydrogen-bond donors (Lipinski definition) is 4. The number of ether oxygens (including phenoxy) is 1. The Morgan fingerprint density at radius 2 is 1.39 bits per heavy atom. The van der Waals surface area contributed by atoms with E-state index in [1.54, 1.807) is 0 Å². The number of likely N-dealkylation sites (N-methyl/N-ethyl adjacent to an activating group) is 1. The molecule has 0 rings (SSSR count). The third-order valence-electron chi connectivity index (χ3n) is 5.31. The average Bonchev–Trinajstić information content (AvgIpc) is 2.78. The Morgan fingerprint density at radius 3 is 1.86 bits per heavy atom. The molecule has 36 heavy (non-hydrogen) atoms. The summed E-state index contributed by atoms with van der Waals surface area (Å²) in [5.74, 6) is -0.287. The number of quaternary nitrogens is 1. The van der Waals surface area contributed by atoms with Crippen molar-refractivity contribution in [3.8, 4) is 0 Å². The van der Waals surface area contributed by atoms with Crippen LogP contribution in [0, 0.1) is 0 Å². The Hall–Kier alpha value is -0.800. The number of phosphoric acid groups is 1. The minimum Gasteiger partial charge on any atom is -0.463 e. The van der Waals surface area contributed by atoms with E-state index in [1.807, 2.05) is 21.1 Å². The van der Waals surface area contributed by atoms with Crippen molar-refractivity contribution in [1.29, 1.82) is 0 Å². The molecule has 216 valence electrons. The molecule has 4 N–H and O–H groups in total. The summed E-state index contributed by atoms with van der Waals surface area (Å²) >= 11 is 0. The molecule has 0 bridgehead atoms. The summed E-state index contributed by atoms with van der Waals surface area (Å²) in [5, 5.41) is 17.7. The van der Waals surface area contributed by atoms with Crippen molar-refractivity contribution in [2.24, 2.45) is 0 Å². The van der Waals surface area contributed by atoms with E-state index in [0.717, 1.165) is 25.7 Å². The first-order valence-electron chi connectivity index (χ1n) is 13.5. The maximum atomic E-state index is 11.4. The molecule has 1 unspecified atom stereocenters. The number of nitrogens with zero attached hydrogens (tertiary/aromatic N) is 1. The fraction of sp³-hybridized carbons (Fsp3) is 0.885. The molecule has 0 amide bonds. The summed E-state index contributed by atoms with van der Waals surface area (Å²) in [6.07, 6.45) is 20.1. The third kappa shape index (κ3) is 35.4. The van der Waals surface area contributed by atoms with E-state index < -0.39 is 13.9 Å². The second-order valence-electron chi connectivity index (χ2n) is 10.2. The van der Waals surface area contributed by atoms with Gasteiger partial charge in [-0.15, -0.1) is 0 Å². The molecule has 0 aliphatic rings. The molecule has 9 nitrogen and oxygen atoms in total. The fourth-order valence-corrected chi connectivity index (χ4v) is 3.41. The Bertz CT molecular complexity index is 575. The number of aliphatic hydroxyl groups excluding tert-OH is 2. The molecule has 0 aromatic carbocycles. The number of phosphoric ester groups is 1. The summed E-state index contributed by atoms with van der Waals surface area (Å²) in [6.45, 7) is 2.42. The zero-order valence-electron chi connectivity index (χ0n) is 23.3. The van der Waals surface area contributed by atoms with E-state index in [2.05, 4.69) is 23.6 Å². The maximum absolute atomic E-state index is 11.4. The number of aliphatic hydroxyl groups is 2. The molecule has 0 aromatic heterocycles. The van der Waals surface area contributed by atoms with Gasteiger partial charge in [0.05, 0.1) is 27.7 Å². The van der Waals surface area contributed by atoms with Gasteiger partial charge in [-0.05, 0) is 32.1 Å². The second-order valence-corrected chi connectivity index (χ2v) is 11.4. The smallest absolute Gasteiger partial charge is 0.463 e. The average molecular weight is 541 g/mol. The zero-order chi connectivity index (χ0) is 27.7. The van der Waals surface area contributed by atoms with Crippen LogP contribution in [-0.2, 0) is 18.6 Å². The number of carbonyl (C=O) groups is 1. The number of hydrogen-bond acceptors (Lipinski definition) is 6.